The fraction of sp³-hybridized carbons (Fsp3) is 0.600. The summed E-state index contributed by atoms with van der Waals surface area (Å²) in [6.07, 6.45) is 2.30. The summed E-state index contributed by atoms with van der Waals surface area (Å²) in [6.45, 7) is 3.99. The van der Waals surface area contributed by atoms with Gasteiger partial charge in [-0.05, 0) is 30.9 Å². The minimum atomic E-state index is 0.583. The second-order valence-electron chi connectivity index (χ2n) is 4.81. The summed E-state index contributed by atoms with van der Waals surface area (Å²) < 4.78 is 15.9. The molecule has 0 unspecified atom stereocenters. The molecule has 1 aromatic carbocycles. The number of hydrogen-bond donors (Lipinski definition) is 1. The molecule has 0 radical (unpaired) electrons. The Morgan fingerprint density at radius 2 is 2.11 bits per heavy atom. The van der Waals surface area contributed by atoms with Crippen molar-refractivity contribution >= 4 is 5.69 Å². The number of methoxy groups -OCH3 is 1. The maximum absolute atomic E-state index is 5.59. The van der Waals surface area contributed by atoms with Gasteiger partial charge in [-0.2, -0.15) is 0 Å². The Bertz CT molecular complexity index is 364. The van der Waals surface area contributed by atoms with E-state index in [4.69, 9.17) is 14.2 Å². The van der Waals surface area contributed by atoms with Crippen LogP contribution in [0.5, 0.6) is 5.75 Å². The summed E-state index contributed by atoms with van der Waals surface area (Å²) >= 11 is 0. The smallest absolute Gasteiger partial charge is 0.121 e. The molecule has 1 saturated heterocycles. The molecule has 4 nitrogen and oxygen atoms in total. The van der Waals surface area contributed by atoms with Crippen LogP contribution in [-0.4, -0.2) is 40.1 Å². The molecule has 106 valence electrons. The van der Waals surface area contributed by atoms with Crippen LogP contribution in [0.1, 0.15) is 12.8 Å². The average molecular weight is 265 g/mol. The van der Waals surface area contributed by atoms with E-state index in [2.05, 4.69) is 11.4 Å². The van der Waals surface area contributed by atoms with E-state index in [0.717, 1.165) is 44.0 Å². The average Bonchev–Trinajstić information content (AvgIpc) is 2.47. The first-order valence-electron chi connectivity index (χ1n) is 6.92. The molecule has 0 aromatic heterocycles. The minimum absolute atomic E-state index is 0.583. The fourth-order valence-electron chi connectivity index (χ4n) is 2.15. The molecular weight excluding hydrogens is 242 g/mol. The molecule has 1 aliphatic heterocycles. The van der Waals surface area contributed by atoms with E-state index in [1.54, 1.807) is 7.11 Å². The van der Waals surface area contributed by atoms with Crippen LogP contribution in [0.25, 0.3) is 0 Å². The largest absolute Gasteiger partial charge is 0.491 e. The number of anilines is 1. The van der Waals surface area contributed by atoms with Crippen LogP contribution in [0.3, 0.4) is 0 Å². The molecule has 0 atom stereocenters. The van der Waals surface area contributed by atoms with Gasteiger partial charge >= 0.3 is 0 Å². The molecule has 19 heavy (non-hydrogen) atoms. The standard InChI is InChI=1S/C15H23NO3/c1-17-9-10-19-15-4-2-3-14(11-15)16-12-13-5-7-18-8-6-13/h2-4,11,13,16H,5-10,12H2,1H3. The molecule has 2 rings (SSSR count). The van der Waals surface area contributed by atoms with E-state index < -0.39 is 0 Å². The minimum Gasteiger partial charge on any atom is -0.491 e. The lowest BCUT2D eigenvalue weighted by atomic mass is 10.0. The van der Waals surface area contributed by atoms with E-state index in [1.807, 2.05) is 18.2 Å². The lowest BCUT2D eigenvalue weighted by Crippen LogP contribution is -2.22. The molecule has 0 bridgehead atoms. The monoisotopic (exact) mass is 265 g/mol. The van der Waals surface area contributed by atoms with E-state index in [9.17, 15) is 0 Å². The quantitative estimate of drug-likeness (QED) is 0.769. The van der Waals surface area contributed by atoms with Crippen molar-refractivity contribution in [1.82, 2.24) is 0 Å². The SMILES string of the molecule is COCCOc1cccc(NCC2CCOCC2)c1. The van der Waals surface area contributed by atoms with E-state index in [0.29, 0.717) is 19.1 Å². The lowest BCUT2D eigenvalue weighted by molar-refractivity contribution is 0.0699. The Morgan fingerprint density at radius 3 is 2.89 bits per heavy atom. The van der Waals surface area contributed by atoms with Gasteiger partial charge < -0.3 is 19.5 Å². The van der Waals surface area contributed by atoms with Crippen molar-refractivity contribution in [3.8, 4) is 5.75 Å². The van der Waals surface area contributed by atoms with Gasteiger partial charge in [0.15, 0.2) is 0 Å². The van der Waals surface area contributed by atoms with Gasteiger partial charge in [0.1, 0.15) is 12.4 Å². The molecule has 0 saturated carbocycles. The Morgan fingerprint density at radius 1 is 1.26 bits per heavy atom. The molecule has 1 heterocycles. The van der Waals surface area contributed by atoms with Crippen molar-refractivity contribution < 1.29 is 14.2 Å². The first kappa shape index (κ1) is 14.2. The van der Waals surface area contributed by atoms with E-state index >= 15 is 0 Å². The maximum Gasteiger partial charge on any atom is 0.121 e. The van der Waals surface area contributed by atoms with Crippen molar-refractivity contribution in [1.29, 1.82) is 0 Å². The van der Waals surface area contributed by atoms with Gasteiger partial charge in [-0.3, -0.25) is 0 Å². The fourth-order valence-corrected chi connectivity index (χ4v) is 2.15. The molecular formula is C15H23NO3. The highest BCUT2D eigenvalue weighted by Gasteiger charge is 2.13. The molecule has 0 spiro atoms. The summed E-state index contributed by atoms with van der Waals surface area (Å²) in [5.41, 5.74) is 1.11. The lowest BCUT2D eigenvalue weighted by Gasteiger charge is -2.22. The van der Waals surface area contributed by atoms with Gasteiger partial charge in [0.05, 0.1) is 6.61 Å². The Labute approximate surface area is 115 Å². The van der Waals surface area contributed by atoms with Crippen molar-refractivity contribution in [2.75, 3.05) is 45.4 Å². The van der Waals surface area contributed by atoms with Crippen molar-refractivity contribution in [2.45, 2.75) is 12.8 Å². The van der Waals surface area contributed by atoms with Crippen LogP contribution >= 0.6 is 0 Å². The zero-order chi connectivity index (χ0) is 13.3. The van der Waals surface area contributed by atoms with Crippen LogP contribution in [0.15, 0.2) is 24.3 Å². The highest BCUT2D eigenvalue weighted by molar-refractivity contribution is 5.48. The number of benzene rings is 1. The second-order valence-corrected chi connectivity index (χ2v) is 4.81. The number of rotatable bonds is 7. The van der Waals surface area contributed by atoms with Crippen LogP contribution in [0.4, 0.5) is 5.69 Å². The Balaban J connectivity index is 1.77. The van der Waals surface area contributed by atoms with Gasteiger partial charge in [0, 0.05) is 38.6 Å². The van der Waals surface area contributed by atoms with E-state index in [-0.39, 0.29) is 0 Å². The van der Waals surface area contributed by atoms with Gasteiger partial charge in [-0.25, -0.2) is 0 Å². The molecule has 1 aliphatic rings. The summed E-state index contributed by atoms with van der Waals surface area (Å²) in [5.74, 6) is 1.60. The zero-order valence-corrected chi connectivity index (χ0v) is 11.6. The van der Waals surface area contributed by atoms with Crippen LogP contribution < -0.4 is 10.1 Å². The van der Waals surface area contributed by atoms with Crippen molar-refractivity contribution in [3.63, 3.8) is 0 Å². The predicted octanol–water partition coefficient (Wildman–Crippen LogP) is 2.55. The normalized spacial score (nSPS) is 16.3. The maximum atomic E-state index is 5.59. The first-order valence-corrected chi connectivity index (χ1v) is 6.92. The summed E-state index contributed by atoms with van der Waals surface area (Å²) in [5, 5.41) is 3.48. The zero-order valence-electron chi connectivity index (χ0n) is 11.6. The molecule has 0 amide bonds. The third kappa shape index (κ3) is 5.09. The molecule has 4 heteroatoms. The first-order chi connectivity index (χ1) is 9.38. The van der Waals surface area contributed by atoms with Crippen LogP contribution in [-0.2, 0) is 9.47 Å². The molecule has 1 N–H and O–H groups in total. The van der Waals surface area contributed by atoms with Gasteiger partial charge in [-0.15, -0.1) is 0 Å². The van der Waals surface area contributed by atoms with Crippen LogP contribution in [0.2, 0.25) is 0 Å². The third-order valence-corrected chi connectivity index (χ3v) is 3.33. The van der Waals surface area contributed by atoms with Crippen LogP contribution in [0, 0.1) is 5.92 Å². The number of hydrogen-bond acceptors (Lipinski definition) is 4. The summed E-state index contributed by atoms with van der Waals surface area (Å²) in [4.78, 5) is 0. The Kier molecular flexibility index (Phi) is 5.98. The Hall–Kier alpha value is -1.26. The summed E-state index contributed by atoms with van der Waals surface area (Å²) in [6, 6.07) is 8.08. The highest BCUT2D eigenvalue weighted by Crippen LogP contribution is 2.20. The number of nitrogens with one attached hydrogen (secondary N) is 1. The highest BCUT2D eigenvalue weighted by atomic mass is 16.5. The predicted molar refractivity (Wildman–Crippen MR) is 75.8 cm³/mol. The van der Waals surface area contributed by atoms with Crippen molar-refractivity contribution in [3.05, 3.63) is 24.3 Å². The van der Waals surface area contributed by atoms with Gasteiger partial charge in [-0.1, -0.05) is 6.07 Å². The molecule has 1 aromatic rings. The third-order valence-electron chi connectivity index (χ3n) is 3.33. The van der Waals surface area contributed by atoms with Gasteiger partial charge in [0.25, 0.3) is 0 Å². The second kappa shape index (κ2) is 8.02. The van der Waals surface area contributed by atoms with Gasteiger partial charge in [0.2, 0.25) is 0 Å². The summed E-state index contributed by atoms with van der Waals surface area (Å²) in [7, 11) is 1.68. The van der Waals surface area contributed by atoms with E-state index in [1.165, 1.54) is 0 Å². The van der Waals surface area contributed by atoms with Crippen molar-refractivity contribution in [2.24, 2.45) is 5.92 Å². The number of ether oxygens (including phenoxy) is 3. The topological polar surface area (TPSA) is 39.7 Å². The molecule has 0 aliphatic carbocycles. The molecule has 1 fully saturated rings.